The first kappa shape index (κ1) is 14.3. The molecule has 0 fully saturated rings. The first-order valence-corrected chi connectivity index (χ1v) is 5.69. The number of non-ortho nitro benzene ring substituents is 1. The first-order chi connectivity index (χ1) is 8.34. The molecule has 3 N–H and O–H groups in total. The number of rotatable bonds is 4. The quantitative estimate of drug-likeness (QED) is 0.437. The summed E-state index contributed by atoms with van der Waals surface area (Å²) in [5.74, 6) is 0. The Hall–Kier alpha value is -1.73. The molecule has 0 amide bonds. The number of aliphatic hydroxyl groups excluding tert-OH is 1. The molecule has 0 bridgehead atoms. The third-order valence-electron chi connectivity index (χ3n) is 2.18. The van der Waals surface area contributed by atoms with E-state index in [0.717, 1.165) is 0 Å². The van der Waals surface area contributed by atoms with Crippen molar-refractivity contribution < 1.29 is 10.0 Å². The highest BCUT2D eigenvalue weighted by atomic mass is 32.1. The summed E-state index contributed by atoms with van der Waals surface area (Å²) >= 11 is 5.07. The zero-order valence-electron chi connectivity index (χ0n) is 10.1. The minimum absolute atomic E-state index is 0.0233. The van der Waals surface area contributed by atoms with Crippen LogP contribution in [0.2, 0.25) is 0 Å². The van der Waals surface area contributed by atoms with Crippen LogP contribution in [0.4, 0.5) is 11.4 Å². The number of anilines is 1. The number of nitro benzene ring substituents is 1. The van der Waals surface area contributed by atoms with Gasteiger partial charge in [-0.3, -0.25) is 10.1 Å². The van der Waals surface area contributed by atoms with Gasteiger partial charge in [-0.25, -0.2) is 0 Å². The average Bonchev–Trinajstić information content (AvgIpc) is 2.29. The van der Waals surface area contributed by atoms with Crippen LogP contribution in [0.1, 0.15) is 13.8 Å². The van der Waals surface area contributed by atoms with Gasteiger partial charge in [0.25, 0.3) is 5.69 Å². The van der Waals surface area contributed by atoms with Gasteiger partial charge in [-0.15, -0.1) is 0 Å². The molecule has 0 saturated carbocycles. The molecule has 98 valence electrons. The van der Waals surface area contributed by atoms with Gasteiger partial charge in [0.2, 0.25) is 0 Å². The fraction of sp³-hybridized carbons (Fsp3) is 0.364. The van der Waals surface area contributed by atoms with Crippen molar-refractivity contribution in [3.8, 4) is 0 Å². The molecule has 18 heavy (non-hydrogen) atoms. The second-order valence-electron chi connectivity index (χ2n) is 4.43. The Bertz CT molecular complexity index is 445. The van der Waals surface area contributed by atoms with Gasteiger partial charge in [-0.1, -0.05) is 0 Å². The molecule has 7 heteroatoms. The summed E-state index contributed by atoms with van der Waals surface area (Å²) < 4.78 is 0. The molecule has 1 aromatic rings. The summed E-state index contributed by atoms with van der Waals surface area (Å²) in [6.45, 7) is 3.54. The van der Waals surface area contributed by atoms with Crippen LogP contribution in [-0.4, -0.2) is 27.3 Å². The summed E-state index contributed by atoms with van der Waals surface area (Å²) in [7, 11) is 0. The molecular weight excluding hydrogens is 254 g/mol. The van der Waals surface area contributed by atoms with E-state index in [1.807, 2.05) is 0 Å². The molecule has 0 unspecified atom stereocenters. The van der Waals surface area contributed by atoms with Gasteiger partial charge in [0, 0.05) is 17.8 Å². The van der Waals surface area contributed by atoms with E-state index in [9.17, 15) is 10.1 Å². The normalized spacial score (nSPS) is 10.8. The Morgan fingerprint density at radius 3 is 2.44 bits per heavy atom. The topological polar surface area (TPSA) is 87.4 Å². The highest BCUT2D eigenvalue weighted by Crippen LogP contribution is 2.15. The van der Waals surface area contributed by atoms with Crippen LogP contribution in [-0.2, 0) is 0 Å². The summed E-state index contributed by atoms with van der Waals surface area (Å²) in [5.41, 5.74) is 0.146. The van der Waals surface area contributed by atoms with Crippen molar-refractivity contribution in [2.75, 3.05) is 11.9 Å². The Morgan fingerprint density at radius 1 is 1.44 bits per heavy atom. The standard InChI is InChI=1S/C11H15N3O3S/c1-11(2,7-15)13-10(18)12-8-3-5-9(6-4-8)14(16)17/h3-6,15H,7H2,1-2H3,(H2,12,13,18). The number of nitrogens with zero attached hydrogens (tertiary/aromatic N) is 1. The number of hydrogen-bond acceptors (Lipinski definition) is 4. The molecule has 0 radical (unpaired) electrons. The van der Waals surface area contributed by atoms with E-state index in [1.54, 1.807) is 26.0 Å². The SMILES string of the molecule is CC(C)(CO)NC(=S)Nc1ccc([N+](=O)[O-])cc1. The fourth-order valence-corrected chi connectivity index (χ4v) is 1.57. The summed E-state index contributed by atoms with van der Waals surface area (Å²) in [6, 6.07) is 5.92. The number of aliphatic hydroxyl groups is 1. The van der Waals surface area contributed by atoms with Crippen LogP contribution in [0.15, 0.2) is 24.3 Å². The number of hydrogen-bond donors (Lipinski definition) is 3. The van der Waals surface area contributed by atoms with Crippen LogP contribution >= 0.6 is 12.2 Å². The summed E-state index contributed by atoms with van der Waals surface area (Å²) in [5, 5.41) is 25.7. The molecule has 0 aliphatic rings. The second-order valence-corrected chi connectivity index (χ2v) is 4.83. The smallest absolute Gasteiger partial charge is 0.269 e. The minimum atomic E-state index is -0.523. The van der Waals surface area contributed by atoms with Gasteiger partial charge in [-0.05, 0) is 38.2 Å². The molecule has 0 spiro atoms. The predicted octanol–water partition coefficient (Wildman–Crippen LogP) is 1.65. The highest BCUT2D eigenvalue weighted by molar-refractivity contribution is 7.80. The third-order valence-corrected chi connectivity index (χ3v) is 2.39. The number of nitro groups is 1. The molecule has 0 aromatic heterocycles. The summed E-state index contributed by atoms with van der Waals surface area (Å²) in [6.07, 6.45) is 0. The van der Waals surface area contributed by atoms with Gasteiger partial charge in [0.15, 0.2) is 5.11 Å². The van der Waals surface area contributed by atoms with Crippen molar-refractivity contribution in [2.45, 2.75) is 19.4 Å². The maximum atomic E-state index is 10.5. The molecule has 6 nitrogen and oxygen atoms in total. The van der Waals surface area contributed by atoms with Crippen LogP contribution < -0.4 is 10.6 Å². The molecule has 1 aromatic carbocycles. The number of benzene rings is 1. The molecule has 0 saturated heterocycles. The fourth-order valence-electron chi connectivity index (χ4n) is 1.18. The molecule has 0 aliphatic heterocycles. The van der Waals surface area contributed by atoms with E-state index in [4.69, 9.17) is 17.3 Å². The maximum Gasteiger partial charge on any atom is 0.269 e. The van der Waals surface area contributed by atoms with E-state index >= 15 is 0 Å². The molecule has 0 atom stereocenters. The van der Waals surface area contributed by atoms with Crippen LogP contribution in [0.25, 0.3) is 0 Å². The number of nitrogens with one attached hydrogen (secondary N) is 2. The zero-order valence-corrected chi connectivity index (χ0v) is 11.0. The van der Waals surface area contributed by atoms with Crippen molar-refractivity contribution in [3.63, 3.8) is 0 Å². The van der Waals surface area contributed by atoms with E-state index in [2.05, 4.69) is 10.6 Å². The third kappa shape index (κ3) is 4.27. The molecule has 1 rings (SSSR count). The Morgan fingerprint density at radius 2 is 2.00 bits per heavy atom. The van der Waals surface area contributed by atoms with Gasteiger partial charge in [0.1, 0.15) is 0 Å². The predicted molar refractivity (Wildman–Crippen MR) is 73.6 cm³/mol. The van der Waals surface area contributed by atoms with Gasteiger partial charge in [0.05, 0.1) is 17.1 Å². The van der Waals surface area contributed by atoms with E-state index < -0.39 is 10.5 Å². The average molecular weight is 269 g/mol. The highest BCUT2D eigenvalue weighted by Gasteiger charge is 2.17. The first-order valence-electron chi connectivity index (χ1n) is 5.28. The monoisotopic (exact) mass is 269 g/mol. The van der Waals surface area contributed by atoms with E-state index in [0.29, 0.717) is 10.8 Å². The minimum Gasteiger partial charge on any atom is -0.394 e. The van der Waals surface area contributed by atoms with Crippen LogP contribution in [0.3, 0.4) is 0 Å². The van der Waals surface area contributed by atoms with Gasteiger partial charge in [-0.2, -0.15) is 0 Å². The number of thiocarbonyl (C=S) groups is 1. The van der Waals surface area contributed by atoms with Crippen molar-refractivity contribution in [2.24, 2.45) is 0 Å². The molecular formula is C11H15N3O3S. The van der Waals surface area contributed by atoms with Crippen molar-refractivity contribution in [1.82, 2.24) is 5.32 Å². The van der Waals surface area contributed by atoms with Crippen molar-refractivity contribution in [1.29, 1.82) is 0 Å². The molecule has 0 heterocycles. The molecule has 0 aliphatic carbocycles. The Kier molecular flexibility index (Phi) is 4.57. The lowest BCUT2D eigenvalue weighted by molar-refractivity contribution is -0.384. The second kappa shape index (κ2) is 5.74. The Balaban J connectivity index is 2.63. The van der Waals surface area contributed by atoms with Gasteiger partial charge < -0.3 is 15.7 Å². The van der Waals surface area contributed by atoms with Crippen molar-refractivity contribution in [3.05, 3.63) is 34.4 Å². The van der Waals surface area contributed by atoms with Crippen LogP contribution in [0, 0.1) is 10.1 Å². The lowest BCUT2D eigenvalue weighted by Gasteiger charge is -2.25. The van der Waals surface area contributed by atoms with Crippen molar-refractivity contribution >= 4 is 28.7 Å². The van der Waals surface area contributed by atoms with Crippen LogP contribution in [0.5, 0.6) is 0 Å². The van der Waals surface area contributed by atoms with E-state index in [1.165, 1.54) is 12.1 Å². The van der Waals surface area contributed by atoms with E-state index in [-0.39, 0.29) is 12.3 Å². The zero-order chi connectivity index (χ0) is 13.8. The van der Waals surface area contributed by atoms with Gasteiger partial charge >= 0.3 is 0 Å². The maximum absolute atomic E-state index is 10.5. The lowest BCUT2D eigenvalue weighted by Crippen LogP contribution is -2.47. The summed E-state index contributed by atoms with van der Waals surface area (Å²) in [4.78, 5) is 10.0. The lowest BCUT2D eigenvalue weighted by atomic mass is 10.1. The largest absolute Gasteiger partial charge is 0.394 e. The Labute approximate surface area is 110 Å².